The summed E-state index contributed by atoms with van der Waals surface area (Å²) < 4.78 is 26.6. The highest BCUT2D eigenvalue weighted by Gasteiger charge is 2.21. The summed E-state index contributed by atoms with van der Waals surface area (Å²) in [6, 6.07) is 0. The molecule has 0 amide bonds. The third-order valence-corrected chi connectivity index (χ3v) is 3.89. The first-order chi connectivity index (χ1) is 5.44. The molecular formula is C7H14O4S. The van der Waals surface area contributed by atoms with Crippen molar-refractivity contribution in [2.24, 2.45) is 0 Å². The number of hydrogen-bond donors (Lipinski definition) is 0. The predicted molar refractivity (Wildman–Crippen MR) is 45.6 cm³/mol. The minimum atomic E-state index is -3.10. The van der Waals surface area contributed by atoms with Gasteiger partial charge in [-0.25, -0.2) is 8.42 Å². The molecule has 0 aliphatic heterocycles. The van der Waals surface area contributed by atoms with E-state index >= 15 is 0 Å². The number of rotatable bonds is 4. The van der Waals surface area contributed by atoms with E-state index in [-0.39, 0.29) is 12.2 Å². The summed E-state index contributed by atoms with van der Waals surface area (Å²) in [7, 11) is -1.86. The number of carbonyl (C=O) groups is 1. The lowest BCUT2D eigenvalue weighted by Gasteiger charge is -2.08. The molecule has 0 bridgehead atoms. The van der Waals surface area contributed by atoms with Crippen LogP contribution in [0.4, 0.5) is 0 Å². The number of methoxy groups -OCH3 is 1. The molecule has 0 aliphatic carbocycles. The highest BCUT2D eigenvalue weighted by Crippen LogP contribution is 2.06. The fourth-order valence-corrected chi connectivity index (χ4v) is 1.69. The predicted octanol–water partition coefficient (Wildman–Crippen LogP) is 0.373. The van der Waals surface area contributed by atoms with Crippen molar-refractivity contribution in [3.8, 4) is 0 Å². The molecule has 0 fully saturated rings. The molecule has 0 radical (unpaired) electrons. The highest BCUT2D eigenvalue weighted by atomic mass is 32.2. The first-order valence-electron chi connectivity index (χ1n) is 3.72. The van der Waals surface area contributed by atoms with Crippen LogP contribution < -0.4 is 0 Å². The second-order valence-corrected chi connectivity index (χ2v) is 5.25. The Morgan fingerprint density at radius 3 is 2.33 bits per heavy atom. The number of ether oxygens (including phenoxy) is 1. The second kappa shape index (κ2) is 4.45. The fraction of sp³-hybridized carbons (Fsp3) is 0.857. The quantitative estimate of drug-likeness (QED) is 0.607. The molecule has 0 saturated carbocycles. The Bertz CT molecular complexity index is 242. The minimum absolute atomic E-state index is 0.0607. The largest absolute Gasteiger partial charge is 0.469 e. The van der Waals surface area contributed by atoms with Crippen molar-refractivity contribution in [2.75, 3.05) is 12.9 Å². The van der Waals surface area contributed by atoms with Crippen LogP contribution >= 0.6 is 0 Å². The van der Waals surface area contributed by atoms with Crippen LogP contribution in [-0.2, 0) is 19.4 Å². The zero-order valence-electron chi connectivity index (χ0n) is 7.53. The summed E-state index contributed by atoms with van der Waals surface area (Å²) in [5.74, 6) is -0.426. The number of sulfone groups is 1. The van der Waals surface area contributed by atoms with E-state index in [9.17, 15) is 13.2 Å². The molecule has 72 valence electrons. The van der Waals surface area contributed by atoms with E-state index < -0.39 is 21.1 Å². The molecule has 4 nitrogen and oxygen atoms in total. The zero-order chi connectivity index (χ0) is 9.78. The average Bonchev–Trinajstić information content (AvgIpc) is 2.04. The smallest absolute Gasteiger partial charge is 0.306 e. The van der Waals surface area contributed by atoms with Gasteiger partial charge in [0.05, 0.1) is 18.8 Å². The van der Waals surface area contributed by atoms with Crippen LogP contribution in [0.1, 0.15) is 20.3 Å². The van der Waals surface area contributed by atoms with Gasteiger partial charge < -0.3 is 4.74 Å². The number of esters is 1. The van der Waals surface area contributed by atoms with Gasteiger partial charge in [0.2, 0.25) is 0 Å². The van der Waals surface area contributed by atoms with Crippen LogP contribution in [0.3, 0.4) is 0 Å². The van der Waals surface area contributed by atoms with E-state index in [2.05, 4.69) is 4.74 Å². The standard InChI is InChI=1S/C7H14O4S/c1-4-12(9,10)6(2)5-7(8)11-3/h6H,4-5H2,1-3H3. The van der Waals surface area contributed by atoms with Crippen LogP contribution in [0.25, 0.3) is 0 Å². The van der Waals surface area contributed by atoms with Gasteiger partial charge in [-0.2, -0.15) is 0 Å². The van der Waals surface area contributed by atoms with Gasteiger partial charge >= 0.3 is 5.97 Å². The second-order valence-electron chi connectivity index (χ2n) is 2.54. The Kier molecular flexibility index (Phi) is 4.23. The van der Waals surface area contributed by atoms with Gasteiger partial charge in [0.15, 0.2) is 9.84 Å². The zero-order valence-corrected chi connectivity index (χ0v) is 8.35. The first-order valence-corrected chi connectivity index (χ1v) is 5.44. The van der Waals surface area contributed by atoms with Gasteiger partial charge in [-0.05, 0) is 6.92 Å². The van der Waals surface area contributed by atoms with Crippen molar-refractivity contribution in [1.29, 1.82) is 0 Å². The molecule has 1 unspecified atom stereocenters. The van der Waals surface area contributed by atoms with Crippen LogP contribution in [0.2, 0.25) is 0 Å². The Morgan fingerprint density at radius 2 is 2.00 bits per heavy atom. The molecule has 0 heterocycles. The summed E-state index contributed by atoms with van der Waals surface area (Å²) in [6.07, 6.45) is -0.0628. The van der Waals surface area contributed by atoms with E-state index in [0.29, 0.717) is 0 Å². The maximum absolute atomic E-state index is 11.1. The third-order valence-electron chi connectivity index (χ3n) is 1.70. The van der Waals surface area contributed by atoms with Gasteiger partial charge in [0, 0.05) is 5.75 Å². The summed E-state index contributed by atoms with van der Waals surface area (Å²) >= 11 is 0. The Morgan fingerprint density at radius 1 is 1.50 bits per heavy atom. The van der Waals surface area contributed by atoms with E-state index in [1.807, 2.05) is 0 Å². The Labute approximate surface area is 72.8 Å². The van der Waals surface area contributed by atoms with Crippen molar-refractivity contribution >= 4 is 15.8 Å². The van der Waals surface area contributed by atoms with Gasteiger partial charge in [-0.1, -0.05) is 6.92 Å². The van der Waals surface area contributed by atoms with Crippen LogP contribution in [-0.4, -0.2) is 32.5 Å². The SMILES string of the molecule is CCS(=O)(=O)C(C)CC(=O)OC. The molecule has 0 aromatic rings. The van der Waals surface area contributed by atoms with Crippen LogP contribution in [0.15, 0.2) is 0 Å². The van der Waals surface area contributed by atoms with Crippen molar-refractivity contribution in [1.82, 2.24) is 0 Å². The van der Waals surface area contributed by atoms with Gasteiger partial charge in [-0.3, -0.25) is 4.79 Å². The van der Waals surface area contributed by atoms with Crippen molar-refractivity contribution in [2.45, 2.75) is 25.5 Å². The molecule has 0 spiro atoms. The van der Waals surface area contributed by atoms with E-state index in [1.165, 1.54) is 14.0 Å². The van der Waals surface area contributed by atoms with Gasteiger partial charge in [0.25, 0.3) is 0 Å². The normalized spacial score (nSPS) is 13.9. The Hall–Kier alpha value is -0.580. The van der Waals surface area contributed by atoms with Crippen LogP contribution in [0.5, 0.6) is 0 Å². The molecule has 0 aromatic heterocycles. The lowest BCUT2D eigenvalue weighted by atomic mass is 10.3. The fourth-order valence-electron chi connectivity index (χ4n) is 0.730. The van der Waals surface area contributed by atoms with Crippen LogP contribution in [0, 0.1) is 0 Å². The van der Waals surface area contributed by atoms with Crippen molar-refractivity contribution in [3.05, 3.63) is 0 Å². The van der Waals surface area contributed by atoms with E-state index in [1.54, 1.807) is 6.92 Å². The first kappa shape index (κ1) is 11.4. The average molecular weight is 194 g/mol. The molecule has 5 heteroatoms. The maximum atomic E-state index is 11.1. The summed E-state index contributed by atoms with van der Waals surface area (Å²) in [5, 5.41) is -0.644. The van der Waals surface area contributed by atoms with E-state index in [4.69, 9.17) is 0 Å². The Balaban J connectivity index is 4.23. The number of hydrogen-bond acceptors (Lipinski definition) is 4. The monoisotopic (exact) mass is 194 g/mol. The summed E-state index contributed by atoms with van der Waals surface area (Å²) in [4.78, 5) is 10.7. The van der Waals surface area contributed by atoms with Gasteiger partial charge in [-0.15, -0.1) is 0 Å². The minimum Gasteiger partial charge on any atom is -0.469 e. The van der Waals surface area contributed by atoms with E-state index in [0.717, 1.165) is 0 Å². The summed E-state index contributed by atoms with van der Waals surface area (Å²) in [6.45, 7) is 3.07. The molecular weight excluding hydrogens is 180 g/mol. The molecule has 0 N–H and O–H groups in total. The number of carbonyl (C=O) groups excluding carboxylic acids is 1. The lowest BCUT2D eigenvalue weighted by molar-refractivity contribution is -0.140. The molecule has 0 saturated heterocycles. The molecule has 0 aromatic carbocycles. The molecule has 1 atom stereocenters. The maximum Gasteiger partial charge on any atom is 0.306 e. The lowest BCUT2D eigenvalue weighted by Crippen LogP contribution is -2.23. The van der Waals surface area contributed by atoms with Crippen molar-refractivity contribution in [3.63, 3.8) is 0 Å². The van der Waals surface area contributed by atoms with Crippen molar-refractivity contribution < 1.29 is 17.9 Å². The molecule has 12 heavy (non-hydrogen) atoms. The summed E-state index contributed by atoms with van der Waals surface area (Å²) in [5.41, 5.74) is 0. The molecule has 0 aliphatic rings. The van der Waals surface area contributed by atoms with Gasteiger partial charge in [0.1, 0.15) is 0 Å². The topological polar surface area (TPSA) is 60.4 Å². The highest BCUT2D eigenvalue weighted by molar-refractivity contribution is 7.91. The molecule has 0 rings (SSSR count). The third kappa shape index (κ3) is 3.21.